The normalized spacial score (nSPS) is 15.4. The number of halogens is 11. The van der Waals surface area contributed by atoms with Crippen molar-refractivity contribution in [3.63, 3.8) is 0 Å². The molecule has 388 valence electrons. The molecule has 0 saturated carbocycles. The minimum Gasteiger partial charge on any atom is -0.475 e. The van der Waals surface area contributed by atoms with Crippen molar-refractivity contribution in [1.29, 1.82) is 0 Å². The van der Waals surface area contributed by atoms with Gasteiger partial charge in [-0.25, -0.2) is 4.79 Å². The Morgan fingerprint density at radius 3 is 1.40 bits per heavy atom. The molecule has 0 saturated heterocycles. The minimum atomic E-state index is -5.08. The highest BCUT2D eigenvalue weighted by molar-refractivity contribution is 6.18. The van der Waals surface area contributed by atoms with Crippen molar-refractivity contribution in [2.45, 2.75) is 50.4 Å². The quantitative estimate of drug-likeness (QED) is 0.0589. The van der Waals surface area contributed by atoms with Gasteiger partial charge in [-0.1, -0.05) is 72.8 Å². The lowest BCUT2D eigenvalue weighted by Crippen LogP contribution is -2.39. The summed E-state index contributed by atoms with van der Waals surface area (Å²) in [6.45, 7) is 1.58. The number of aromatic nitrogens is 2. The highest BCUT2D eigenvalue weighted by Gasteiger charge is 2.38. The molecule has 0 aliphatic carbocycles. The Bertz CT molecular complexity index is 2920. The third-order valence-corrected chi connectivity index (χ3v) is 11.6. The van der Waals surface area contributed by atoms with E-state index in [1.165, 1.54) is 36.4 Å². The number of nitrogens with zero attached hydrogens (tertiary/aromatic N) is 3. The van der Waals surface area contributed by atoms with Gasteiger partial charge in [-0.05, 0) is 91.2 Å². The zero-order valence-corrected chi connectivity index (χ0v) is 40.0. The Hall–Kier alpha value is -6.97. The second kappa shape index (κ2) is 23.3. The molecule has 73 heavy (non-hydrogen) atoms. The molecule has 2 aromatic heterocycles. The van der Waals surface area contributed by atoms with Crippen LogP contribution in [0.2, 0.25) is 0 Å². The van der Waals surface area contributed by atoms with Crippen molar-refractivity contribution in [2.24, 2.45) is 0 Å². The molecule has 8 rings (SSSR count). The average molecular weight is 1070 g/mol. The molecule has 2 unspecified atom stereocenters. The lowest BCUT2D eigenvalue weighted by atomic mass is 9.99. The van der Waals surface area contributed by atoms with Crippen molar-refractivity contribution in [1.82, 2.24) is 24.7 Å². The maximum absolute atomic E-state index is 12.8. The summed E-state index contributed by atoms with van der Waals surface area (Å²) < 4.78 is 121. The van der Waals surface area contributed by atoms with E-state index < -0.39 is 24.9 Å². The van der Waals surface area contributed by atoms with Crippen LogP contribution in [-0.4, -0.2) is 101 Å². The fourth-order valence-corrected chi connectivity index (χ4v) is 8.76. The summed E-state index contributed by atoms with van der Waals surface area (Å²) in [6.07, 6.45) is -12.8. The number of carbonyl (C=O) groups is 4. The Morgan fingerprint density at radius 2 is 1.05 bits per heavy atom. The molecule has 4 heterocycles. The zero-order valence-electron chi connectivity index (χ0n) is 38.5. The van der Waals surface area contributed by atoms with Crippen LogP contribution in [0.4, 0.5) is 39.5 Å². The Balaban J connectivity index is 0.000000211. The number of carboxylic acids is 1. The molecule has 2 aliphatic rings. The number of aliphatic carboxylic acids is 1. The van der Waals surface area contributed by atoms with E-state index in [0.717, 1.165) is 29.7 Å². The highest BCUT2D eigenvalue weighted by atomic mass is 35.5. The van der Waals surface area contributed by atoms with E-state index in [1.807, 2.05) is 47.5 Å². The maximum atomic E-state index is 12.8. The SMILES string of the molecule is CN(C)Cc1ccc(-c2c(-c3cccc(OC(F)(F)F)c3)cc3n2C(CCCl)CNC3=O)cc1.O=C(O)C(F)(F)F.O=Cc1ccc(-c2c(-c3cccc(OC(F)(F)F)c3)cc3n2C(CCCl)CNC3=O)cc1. The number of hydrogen-bond donors (Lipinski definition) is 3. The number of benzene rings is 4. The number of fused-ring (bicyclic) bond motifs is 2. The molecular weight excluding hydrogens is 1020 g/mol. The number of alkyl halides is 11. The van der Waals surface area contributed by atoms with Gasteiger partial charge >= 0.3 is 24.9 Å². The van der Waals surface area contributed by atoms with E-state index >= 15 is 0 Å². The van der Waals surface area contributed by atoms with Crippen LogP contribution in [0.5, 0.6) is 11.5 Å². The van der Waals surface area contributed by atoms with E-state index in [2.05, 4.69) is 25.0 Å². The number of rotatable bonds is 13. The molecule has 0 fully saturated rings. The summed E-state index contributed by atoms with van der Waals surface area (Å²) in [5.74, 6) is -3.17. The van der Waals surface area contributed by atoms with Crippen LogP contribution >= 0.6 is 23.2 Å². The van der Waals surface area contributed by atoms with Crippen molar-refractivity contribution >= 4 is 47.3 Å². The van der Waals surface area contributed by atoms with Gasteiger partial charge in [-0.2, -0.15) is 13.2 Å². The summed E-state index contributed by atoms with van der Waals surface area (Å²) in [7, 11) is 3.97. The van der Waals surface area contributed by atoms with Crippen LogP contribution in [0.25, 0.3) is 44.8 Å². The Kier molecular flexibility index (Phi) is 17.6. The molecule has 0 bridgehead atoms. The Labute approximate surface area is 421 Å². The summed E-state index contributed by atoms with van der Waals surface area (Å²) in [5.41, 5.74) is 7.65. The molecule has 4 aromatic carbocycles. The van der Waals surface area contributed by atoms with E-state index in [-0.39, 0.29) is 35.4 Å². The van der Waals surface area contributed by atoms with Crippen LogP contribution in [-0.2, 0) is 11.3 Å². The number of carbonyl (C=O) groups excluding carboxylic acids is 3. The predicted molar refractivity (Wildman–Crippen MR) is 254 cm³/mol. The second-order valence-electron chi connectivity index (χ2n) is 16.6. The van der Waals surface area contributed by atoms with E-state index in [4.69, 9.17) is 33.1 Å². The van der Waals surface area contributed by atoms with Crippen molar-refractivity contribution in [2.75, 3.05) is 38.9 Å². The first-order chi connectivity index (χ1) is 34.4. The van der Waals surface area contributed by atoms with Gasteiger partial charge in [0.2, 0.25) is 0 Å². The average Bonchev–Trinajstić information content (AvgIpc) is 3.93. The van der Waals surface area contributed by atoms with E-state index in [0.29, 0.717) is 88.2 Å². The topological polar surface area (TPSA) is 144 Å². The molecule has 0 radical (unpaired) electrons. The molecule has 23 heteroatoms. The number of amides is 2. The van der Waals surface area contributed by atoms with Gasteiger partial charge in [-0.15, -0.1) is 49.5 Å². The molecule has 0 spiro atoms. The van der Waals surface area contributed by atoms with E-state index in [1.54, 1.807) is 48.5 Å². The first-order valence-electron chi connectivity index (χ1n) is 21.9. The van der Waals surface area contributed by atoms with Crippen LogP contribution < -0.4 is 20.1 Å². The van der Waals surface area contributed by atoms with Gasteiger partial charge in [0, 0.05) is 48.1 Å². The van der Waals surface area contributed by atoms with Crippen molar-refractivity contribution in [3.8, 4) is 56.3 Å². The van der Waals surface area contributed by atoms with Gasteiger partial charge in [0.1, 0.15) is 29.2 Å². The smallest absolute Gasteiger partial charge is 0.475 e. The van der Waals surface area contributed by atoms with Crippen LogP contribution in [0.15, 0.2) is 109 Å². The highest BCUT2D eigenvalue weighted by Crippen LogP contribution is 2.43. The number of nitrogens with one attached hydrogen (secondary N) is 2. The number of hydrogen-bond acceptors (Lipinski definition) is 7. The van der Waals surface area contributed by atoms with E-state index in [9.17, 15) is 53.9 Å². The monoisotopic (exact) mass is 1070 g/mol. The summed E-state index contributed by atoms with van der Waals surface area (Å²) in [6, 6.07) is 29.4. The zero-order chi connectivity index (χ0) is 53.4. The largest absolute Gasteiger partial charge is 0.573 e. The number of ether oxygens (including phenoxy) is 2. The molecule has 2 aliphatic heterocycles. The molecule has 2 atom stereocenters. The Morgan fingerprint density at radius 1 is 0.658 bits per heavy atom. The minimum absolute atomic E-state index is 0.0787. The van der Waals surface area contributed by atoms with Crippen molar-refractivity contribution in [3.05, 3.63) is 132 Å². The van der Waals surface area contributed by atoms with Gasteiger partial charge in [-0.3, -0.25) is 14.4 Å². The van der Waals surface area contributed by atoms with Crippen molar-refractivity contribution < 1.29 is 73.3 Å². The third-order valence-electron chi connectivity index (χ3n) is 11.2. The van der Waals surface area contributed by atoms with Crippen LogP contribution in [0.1, 0.15) is 61.8 Å². The van der Waals surface area contributed by atoms with Gasteiger partial charge in [0.15, 0.2) is 0 Å². The lowest BCUT2D eigenvalue weighted by Gasteiger charge is -2.28. The molecule has 3 N–H and O–H groups in total. The number of carboxylic acid groups (broad SMARTS) is 1. The fourth-order valence-electron chi connectivity index (χ4n) is 8.26. The molecular formula is C50H44Cl2F9N5O7. The standard InChI is InChI=1S/C25H25ClF3N3O2.C23H18ClF3N2O3.C2HF3O2/c1-31(2)15-16-6-8-17(9-7-16)23-21(18-4-3-5-20(12-18)34-25(27,28)29)13-22-24(33)30-14-19(10-11-26)32(22)23;24-9-8-17-12-28-22(31)20-11-19(16-2-1-3-18(10-16)32-23(25,26)27)21(29(17)20)15-6-4-14(13-30)5-7-15;3-2(4,5)1(6)7/h3-9,12-13,19H,10-11,14-15H2,1-2H3,(H,30,33);1-7,10-11,13,17H,8-9,12H2,(H,28,31);(H,6,7). The fraction of sp³-hybridized carbons (Fsp3) is 0.280. The number of aldehydes is 1. The van der Waals surface area contributed by atoms with Gasteiger partial charge in [0.25, 0.3) is 11.8 Å². The summed E-state index contributed by atoms with van der Waals surface area (Å²) in [5, 5.41) is 12.9. The molecule has 6 aromatic rings. The van der Waals surface area contributed by atoms with Crippen LogP contribution in [0.3, 0.4) is 0 Å². The maximum Gasteiger partial charge on any atom is 0.573 e. The molecule has 12 nitrogen and oxygen atoms in total. The third kappa shape index (κ3) is 14.2. The first kappa shape index (κ1) is 55.3. The van der Waals surface area contributed by atoms with Gasteiger partial charge < -0.3 is 39.2 Å². The van der Waals surface area contributed by atoms with Gasteiger partial charge in [0.05, 0.1) is 23.5 Å². The van der Waals surface area contributed by atoms with Crippen LogP contribution in [0, 0.1) is 0 Å². The summed E-state index contributed by atoms with van der Waals surface area (Å²) >= 11 is 12.1. The predicted octanol–water partition coefficient (Wildman–Crippen LogP) is 11.8. The lowest BCUT2D eigenvalue weighted by molar-refractivity contribution is -0.275. The second-order valence-corrected chi connectivity index (χ2v) is 17.4. The molecule has 2 amide bonds. The summed E-state index contributed by atoms with van der Waals surface area (Å²) in [4.78, 5) is 47.4. The first-order valence-corrected chi connectivity index (χ1v) is 23.0.